The second kappa shape index (κ2) is 6.65. The van der Waals surface area contributed by atoms with E-state index in [-0.39, 0.29) is 18.0 Å². The first-order valence-electron chi connectivity index (χ1n) is 7.99. The quantitative estimate of drug-likeness (QED) is 0.894. The van der Waals surface area contributed by atoms with Gasteiger partial charge < -0.3 is 10.6 Å². The predicted octanol–water partition coefficient (Wildman–Crippen LogP) is 3.39. The molecule has 1 aliphatic heterocycles. The summed E-state index contributed by atoms with van der Waals surface area (Å²) in [4.78, 5) is 28.5. The van der Waals surface area contributed by atoms with Crippen LogP contribution >= 0.6 is 11.3 Å². The minimum absolute atomic E-state index is 0.0545. The van der Waals surface area contributed by atoms with Gasteiger partial charge in [0.2, 0.25) is 0 Å². The van der Waals surface area contributed by atoms with E-state index in [1.54, 1.807) is 34.4 Å². The summed E-state index contributed by atoms with van der Waals surface area (Å²) in [6, 6.07) is 9.13. The first-order chi connectivity index (χ1) is 11.5. The fourth-order valence-electron chi connectivity index (χ4n) is 2.97. The lowest BCUT2D eigenvalue weighted by Crippen LogP contribution is -2.29. The molecule has 0 unspecified atom stereocenters. The number of carbonyl (C=O) groups excluding carboxylic acids is 2. The highest BCUT2D eigenvalue weighted by atomic mass is 32.1. The molecule has 2 heterocycles. The van der Waals surface area contributed by atoms with Crippen LogP contribution in [0.2, 0.25) is 0 Å². The Bertz CT molecular complexity index is 784. The van der Waals surface area contributed by atoms with E-state index in [0.717, 1.165) is 11.3 Å². The molecule has 1 saturated heterocycles. The molecular weight excluding hydrogens is 322 g/mol. The summed E-state index contributed by atoms with van der Waals surface area (Å²) in [6.07, 6.45) is 0. The fourth-order valence-corrected chi connectivity index (χ4v) is 3.99. The number of rotatable bonds is 4. The Morgan fingerprint density at radius 1 is 1.33 bits per heavy atom. The molecular formula is C18H21N3O2S. The topological polar surface area (TPSA) is 61.4 Å². The predicted molar refractivity (Wildman–Crippen MR) is 96.9 cm³/mol. The first kappa shape index (κ1) is 16.5. The SMILES string of the molecule is Cc1cc([C@H](C)NC(=O)c2cccc(N3CCNC3=O)c2)c(C)s1. The maximum absolute atomic E-state index is 12.6. The summed E-state index contributed by atoms with van der Waals surface area (Å²) in [5.41, 5.74) is 2.46. The van der Waals surface area contributed by atoms with E-state index >= 15 is 0 Å². The van der Waals surface area contributed by atoms with E-state index in [0.29, 0.717) is 18.7 Å². The number of urea groups is 1. The Kier molecular flexibility index (Phi) is 4.57. The van der Waals surface area contributed by atoms with Crippen molar-refractivity contribution in [3.05, 3.63) is 51.2 Å². The number of aryl methyl sites for hydroxylation is 2. The molecule has 1 aromatic carbocycles. The Labute approximate surface area is 145 Å². The van der Waals surface area contributed by atoms with E-state index in [1.807, 2.05) is 13.0 Å². The lowest BCUT2D eigenvalue weighted by Gasteiger charge is -2.17. The van der Waals surface area contributed by atoms with Gasteiger partial charge in [0.1, 0.15) is 0 Å². The third kappa shape index (κ3) is 3.28. The maximum atomic E-state index is 12.6. The summed E-state index contributed by atoms with van der Waals surface area (Å²) in [5, 5.41) is 5.81. The van der Waals surface area contributed by atoms with E-state index in [4.69, 9.17) is 0 Å². The van der Waals surface area contributed by atoms with E-state index < -0.39 is 0 Å². The molecule has 2 aromatic rings. The monoisotopic (exact) mass is 343 g/mol. The number of hydrogen-bond acceptors (Lipinski definition) is 3. The third-order valence-corrected chi connectivity index (χ3v) is 5.15. The Hall–Kier alpha value is -2.34. The number of thiophene rings is 1. The number of amides is 3. The molecule has 0 spiro atoms. The van der Waals surface area contributed by atoms with Crippen LogP contribution in [0, 0.1) is 13.8 Å². The zero-order valence-corrected chi connectivity index (χ0v) is 14.9. The van der Waals surface area contributed by atoms with Gasteiger partial charge in [0.05, 0.1) is 6.04 Å². The summed E-state index contributed by atoms with van der Waals surface area (Å²) >= 11 is 1.74. The van der Waals surface area contributed by atoms with Gasteiger partial charge in [-0.25, -0.2) is 4.79 Å². The molecule has 1 fully saturated rings. The molecule has 0 aliphatic carbocycles. The van der Waals surface area contributed by atoms with Gasteiger partial charge in [-0.15, -0.1) is 11.3 Å². The Morgan fingerprint density at radius 3 is 2.75 bits per heavy atom. The second-order valence-electron chi connectivity index (χ2n) is 6.00. The van der Waals surface area contributed by atoms with Gasteiger partial charge in [0.15, 0.2) is 0 Å². The molecule has 3 rings (SSSR count). The van der Waals surface area contributed by atoms with Gasteiger partial charge in [-0.1, -0.05) is 6.07 Å². The van der Waals surface area contributed by atoms with Crippen molar-refractivity contribution in [2.24, 2.45) is 0 Å². The van der Waals surface area contributed by atoms with Gasteiger partial charge in [-0.3, -0.25) is 9.69 Å². The standard InChI is InChI=1S/C18H21N3O2S/c1-11-9-16(13(3)24-11)12(2)20-17(22)14-5-4-6-15(10-14)21-8-7-19-18(21)23/h4-6,9-10,12H,7-8H2,1-3H3,(H,19,23)(H,20,22)/t12-/m0/s1. The number of hydrogen-bond donors (Lipinski definition) is 2. The number of nitrogens with one attached hydrogen (secondary N) is 2. The Morgan fingerprint density at radius 2 is 2.12 bits per heavy atom. The largest absolute Gasteiger partial charge is 0.345 e. The van der Waals surface area contributed by atoms with Crippen LogP contribution in [0.1, 0.15) is 38.6 Å². The summed E-state index contributed by atoms with van der Waals surface area (Å²) in [6.45, 7) is 7.38. The minimum Gasteiger partial charge on any atom is -0.345 e. The van der Waals surface area contributed by atoms with Gasteiger partial charge in [0, 0.05) is 34.1 Å². The van der Waals surface area contributed by atoms with E-state index in [1.165, 1.54) is 9.75 Å². The van der Waals surface area contributed by atoms with Crippen LogP contribution in [0.15, 0.2) is 30.3 Å². The van der Waals surface area contributed by atoms with Crippen LogP contribution in [0.5, 0.6) is 0 Å². The lowest BCUT2D eigenvalue weighted by atomic mass is 10.1. The molecule has 3 amide bonds. The minimum atomic E-state index is -0.132. The van der Waals surface area contributed by atoms with Crippen LogP contribution in [-0.2, 0) is 0 Å². The molecule has 126 valence electrons. The highest BCUT2D eigenvalue weighted by molar-refractivity contribution is 7.12. The fraction of sp³-hybridized carbons (Fsp3) is 0.333. The first-order valence-corrected chi connectivity index (χ1v) is 8.80. The average molecular weight is 343 g/mol. The molecule has 0 saturated carbocycles. The van der Waals surface area contributed by atoms with Crippen molar-refractivity contribution < 1.29 is 9.59 Å². The van der Waals surface area contributed by atoms with Crippen LogP contribution < -0.4 is 15.5 Å². The summed E-state index contributed by atoms with van der Waals surface area (Å²) < 4.78 is 0. The number of anilines is 1. The van der Waals surface area contributed by atoms with Crippen LogP contribution in [0.25, 0.3) is 0 Å². The average Bonchev–Trinajstić information content (AvgIpc) is 3.12. The van der Waals surface area contributed by atoms with Crippen molar-refractivity contribution in [2.45, 2.75) is 26.8 Å². The number of nitrogens with zero attached hydrogens (tertiary/aromatic N) is 1. The van der Waals surface area contributed by atoms with E-state index in [9.17, 15) is 9.59 Å². The van der Waals surface area contributed by atoms with Gasteiger partial charge >= 0.3 is 6.03 Å². The molecule has 24 heavy (non-hydrogen) atoms. The van der Waals surface area contributed by atoms with Crippen molar-refractivity contribution >= 4 is 29.0 Å². The van der Waals surface area contributed by atoms with Crippen molar-refractivity contribution in [3.8, 4) is 0 Å². The van der Waals surface area contributed by atoms with Gasteiger partial charge in [-0.05, 0) is 50.6 Å². The smallest absolute Gasteiger partial charge is 0.321 e. The van der Waals surface area contributed by atoms with Crippen molar-refractivity contribution in [1.29, 1.82) is 0 Å². The van der Waals surface area contributed by atoms with Crippen LogP contribution in [0.4, 0.5) is 10.5 Å². The van der Waals surface area contributed by atoms with E-state index in [2.05, 4.69) is 30.5 Å². The molecule has 2 N–H and O–H groups in total. The highest BCUT2D eigenvalue weighted by Crippen LogP contribution is 2.26. The normalized spacial score (nSPS) is 15.3. The number of carbonyl (C=O) groups is 2. The van der Waals surface area contributed by atoms with Crippen molar-refractivity contribution in [2.75, 3.05) is 18.0 Å². The van der Waals surface area contributed by atoms with Crippen molar-refractivity contribution in [3.63, 3.8) is 0 Å². The van der Waals surface area contributed by atoms with Crippen LogP contribution in [-0.4, -0.2) is 25.0 Å². The summed E-state index contributed by atoms with van der Waals surface area (Å²) in [7, 11) is 0. The lowest BCUT2D eigenvalue weighted by molar-refractivity contribution is 0.0940. The molecule has 0 bridgehead atoms. The van der Waals surface area contributed by atoms with Gasteiger partial charge in [-0.2, -0.15) is 0 Å². The second-order valence-corrected chi connectivity index (χ2v) is 7.46. The molecule has 5 nitrogen and oxygen atoms in total. The van der Waals surface area contributed by atoms with Gasteiger partial charge in [0.25, 0.3) is 5.91 Å². The maximum Gasteiger partial charge on any atom is 0.321 e. The van der Waals surface area contributed by atoms with Crippen LogP contribution in [0.3, 0.4) is 0 Å². The summed E-state index contributed by atoms with van der Waals surface area (Å²) in [5.74, 6) is -0.132. The molecule has 1 aliphatic rings. The molecule has 1 aromatic heterocycles. The molecule has 6 heteroatoms. The zero-order chi connectivity index (χ0) is 17.3. The number of benzene rings is 1. The zero-order valence-electron chi connectivity index (χ0n) is 14.1. The van der Waals surface area contributed by atoms with Crippen molar-refractivity contribution in [1.82, 2.24) is 10.6 Å². The Balaban J connectivity index is 1.75. The highest BCUT2D eigenvalue weighted by Gasteiger charge is 2.22. The third-order valence-electron chi connectivity index (χ3n) is 4.17. The molecule has 0 radical (unpaired) electrons. The molecule has 1 atom stereocenters.